The molecule has 10 N–H and O–H groups in total. The zero-order valence-corrected chi connectivity index (χ0v) is 30.9. The van der Waals surface area contributed by atoms with Crippen LogP contribution in [0.5, 0.6) is 0 Å². The molecule has 2 fully saturated rings. The lowest BCUT2D eigenvalue weighted by molar-refractivity contribution is -0.746. The van der Waals surface area contributed by atoms with Crippen LogP contribution in [0.25, 0.3) is 22.3 Å². The van der Waals surface area contributed by atoms with E-state index in [1.165, 1.54) is 36.5 Å². The van der Waals surface area contributed by atoms with Crippen molar-refractivity contribution in [1.82, 2.24) is 34.1 Å². The molecule has 0 bridgehead atoms. The van der Waals surface area contributed by atoms with Crippen molar-refractivity contribution in [3.8, 4) is 0 Å². The fourth-order valence-electron chi connectivity index (χ4n) is 5.77. The highest BCUT2D eigenvalue weighted by molar-refractivity contribution is 8.09. The maximum Gasteiger partial charge on any atom is 0.479 e. The second-order valence-electron chi connectivity index (χ2n) is 11.7. The van der Waals surface area contributed by atoms with E-state index in [2.05, 4.69) is 45.3 Å². The van der Waals surface area contributed by atoms with E-state index in [0.29, 0.717) is 0 Å². The Morgan fingerprint density at radius 1 is 0.981 bits per heavy atom. The Bertz CT molecular complexity index is 2300. The van der Waals surface area contributed by atoms with Crippen molar-refractivity contribution in [2.45, 2.75) is 56.0 Å². The number of nitrogens with one attached hydrogen (secondary N) is 2. The van der Waals surface area contributed by atoms with Crippen molar-refractivity contribution in [2.24, 2.45) is 7.05 Å². The summed E-state index contributed by atoms with van der Waals surface area (Å²) in [6.07, 6.45) is -9.01. The third kappa shape index (κ3) is 8.08. The summed E-state index contributed by atoms with van der Waals surface area (Å²) in [7, 11) is -8.11. The molecule has 5 unspecified atom stereocenters. The highest BCUT2D eigenvalue weighted by Crippen LogP contribution is 2.68. The first-order valence-corrected chi connectivity index (χ1v) is 20.6. The molecule has 26 nitrogen and oxygen atoms in total. The Hall–Kier alpha value is -2.91. The number of aliphatic hydroxyl groups excluding tert-OH is 3. The number of hydrogen-bond donors (Lipinski definition) is 9. The number of nitrogens with zero attached hydrogens (tertiary/aromatic N) is 6. The molecule has 0 saturated carbocycles. The number of phosphoric acid groups is 2. The molecule has 2 aliphatic rings. The van der Waals surface area contributed by atoms with Crippen molar-refractivity contribution in [3.05, 3.63) is 39.2 Å². The second kappa shape index (κ2) is 14.6. The number of nitrogens with two attached hydrogens (primary N) is 1. The first-order valence-electron chi connectivity index (χ1n) is 15.0. The number of aromatic amines is 2. The molecule has 2 saturated heterocycles. The lowest BCUT2D eigenvalue weighted by Gasteiger charge is -2.23. The van der Waals surface area contributed by atoms with E-state index in [4.69, 9.17) is 29.0 Å². The molecule has 0 spiro atoms. The van der Waals surface area contributed by atoms with Crippen LogP contribution in [0, 0.1) is 6.92 Å². The van der Waals surface area contributed by atoms with Crippen molar-refractivity contribution in [3.63, 3.8) is 0 Å². The Kier molecular flexibility index (Phi) is 11.0. The van der Waals surface area contributed by atoms with Gasteiger partial charge in [-0.15, -0.1) is 0 Å². The molecule has 4 aromatic rings. The number of ether oxygens (including phenoxy) is 3. The number of fused-ring (bicyclic) bond motifs is 2. The molecular weight excluding hydrogens is 799 g/mol. The molecule has 6 rings (SSSR count). The van der Waals surface area contributed by atoms with Crippen LogP contribution in [-0.2, 0) is 59.9 Å². The van der Waals surface area contributed by atoms with Gasteiger partial charge in [0, 0.05) is 7.11 Å². The normalized spacial score (nSPS) is 29.8. The highest BCUT2D eigenvalue weighted by Gasteiger charge is 2.50. The third-order valence-corrected chi connectivity index (χ3v) is 13.5. The van der Waals surface area contributed by atoms with Crippen LogP contribution in [0.2, 0.25) is 0 Å². The first kappa shape index (κ1) is 39.8. The second-order valence-corrected chi connectivity index (χ2v) is 17.7. The molecule has 6 heterocycles. The number of aliphatic hydroxyl groups is 3. The van der Waals surface area contributed by atoms with E-state index < -0.39 is 95.8 Å². The van der Waals surface area contributed by atoms with E-state index in [1.807, 2.05) is 0 Å². The number of nitrogen functional groups attached to an aromatic ring is 1. The summed E-state index contributed by atoms with van der Waals surface area (Å²) in [5, 5.41) is 32.0. The maximum absolute atomic E-state index is 12.7. The largest absolute Gasteiger partial charge is 0.479 e. The number of aryl methyl sites for hydroxylation is 2. The predicted octanol–water partition coefficient (Wildman–Crippen LogP) is -3.05. The number of anilines is 1. The number of phosphoric ester groups is 2. The Morgan fingerprint density at radius 3 is 2.23 bits per heavy atom. The van der Waals surface area contributed by atoms with Crippen molar-refractivity contribution in [1.29, 1.82) is 0 Å². The summed E-state index contributed by atoms with van der Waals surface area (Å²) in [4.78, 5) is 72.4. The van der Waals surface area contributed by atoms with E-state index >= 15 is 0 Å². The molecule has 2 aliphatic heterocycles. The maximum atomic E-state index is 12.7. The standard InChI is InChI=1S/C23H32N9O17P3S/c1-8-26-17-11(19(36)27-8)25-6-31(17)21-15(35)13(33)9(46-21)4-44-50(38,39)48-52(42,53)49-51(40,41)45-5-10-14(34)16(43-3)22(47-10)32-7-30(2)12-18(32)28-23(24)29-20(12)37/h6-7,9-10,13-16,21-22,33-35H,4-5H2,1-3H3,(H6-,24,26,27,28,29,36,37,38,39,40,41,42,53)/p+1/t9-,10-,13?,14+,15+,16?,21-,22-,52?/m1/s1. The van der Waals surface area contributed by atoms with Crippen LogP contribution in [0.4, 0.5) is 5.95 Å². The summed E-state index contributed by atoms with van der Waals surface area (Å²) in [5.74, 6) is 0.00449. The Balaban J connectivity index is 1.06. The Morgan fingerprint density at radius 2 is 1.60 bits per heavy atom. The molecule has 0 aliphatic carbocycles. The van der Waals surface area contributed by atoms with Crippen molar-refractivity contribution in [2.75, 3.05) is 26.1 Å². The number of aromatic nitrogens is 8. The van der Waals surface area contributed by atoms with Crippen LogP contribution in [-0.4, -0.2) is 121 Å². The molecular formula is C23H33N9O17P3S+. The van der Waals surface area contributed by atoms with E-state index in [-0.39, 0.29) is 34.1 Å². The molecule has 0 aromatic carbocycles. The number of imidazole rings is 2. The molecule has 292 valence electrons. The fourth-order valence-corrected chi connectivity index (χ4v) is 10.8. The summed E-state index contributed by atoms with van der Waals surface area (Å²) in [5.41, 5.74) is 4.62. The predicted molar refractivity (Wildman–Crippen MR) is 176 cm³/mol. The smallest absolute Gasteiger partial charge is 0.387 e. The Labute approximate surface area is 300 Å². The number of H-pyrrole nitrogens is 2. The zero-order valence-electron chi connectivity index (χ0n) is 27.4. The van der Waals surface area contributed by atoms with Crippen LogP contribution in [0.3, 0.4) is 0 Å². The van der Waals surface area contributed by atoms with E-state index in [9.17, 15) is 48.7 Å². The summed E-state index contributed by atoms with van der Waals surface area (Å²) in [6, 6.07) is 0. The minimum absolute atomic E-state index is 0.00533. The van der Waals surface area contributed by atoms with E-state index in [0.717, 1.165) is 10.9 Å². The quantitative estimate of drug-likeness (QED) is 0.0477. The fraction of sp³-hybridized carbons (Fsp3) is 0.565. The summed E-state index contributed by atoms with van der Waals surface area (Å²) in [6.45, 7) is -5.50. The summed E-state index contributed by atoms with van der Waals surface area (Å²) < 4.78 is 64.6. The van der Waals surface area contributed by atoms with Gasteiger partial charge in [0.05, 0.1) is 26.6 Å². The topological polar surface area (TPSA) is 364 Å². The van der Waals surface area contributed by atoms with Gasteiger partial charge in [0.15, 0.2) is 23.7 Å². The van der Waals surface area contributed by atoms with Crippen LogP contribution in [0.1, 0.15) is 18.3 Å². The van der Waals surface area contributed by atoms with Gasteiger partial charge in [-0.05, 0) is 18.7 Å². The van der Waals surface area contributed by atoms with Gasteiger partial charge in [-0.25, -0.2) is 32.3 Å². The molecule has 53 heavy (non-hydrogen) atoms. The summed E-state index contributed by atoms with van der Waals surface area (Å²) >= 11 is 4.61. The average molecular weight is 833 g/mol. The molecule has 0 amide bonds. The zero-order chi connectivity index (χ0) is 38.8. The van der Waals surface area contributed by atoms with Gasteiger partial charge < -0.3 is 54.9 Å². The lowest BCUT2D eigenvalue weighted by Crippen LogP contribution is -2.47. The van der Waals surface area contributed by atoms with Crippen LogP contribution >= 0.6 is 22.4 Å². The monoisotopic (exact) mass is 832 g/mol. The molecule has 0 radical (unpaired) electrons. The molecule has 11 atom stereocenters. The van der Waals surface area contributed by atoms with Crippen molar-refractivity contribution < 1.29 is 75.6 Å². The van der Waals surface area contributed by atoms with Gasteiger partial charge >= 0.3 is 28.0 Å². The van der Waals surface area contributed by atoms with Gasteiger partial charge in [-0.2, -0.15) is 0 Å². The van der Waals surface area contributed by atoms with Gasteiger partial charge in [0.25, 0.3) is 17.1 Å². The minimum Gasteiger partial charge on any atom is -0.387 e. The van der Waals surface area contributed by atoms with Crippen LogP contribution < -0.4 is 21.4 Å². The molecule has 30 heteroatoms. The van der Waals surface area contributed by atoms with Gasteiger partial charge in [-0.3, -0.25) is 32.8 Å². The minimum atomic E-state index is -5.45. The number of methoxy groups -OCH3 is 1. The highest BCUT2D eigenvalue weighted by atomic mass is 32.5. The lowest BCUT2D eigenvalue weighted by atomic mass is 10.1. The van der Waals surface area contributed by atoms with Gasteiger partial charge in [0.2, 0.25) is 11.7 Å². The number of hydrogen-bond acceptors (Lipinski definition) is 19. The SMILES string of the molecule is COC1[C@@H](O)[C@@H](COP(=O)(O)OP(O)(=S)OP(=O)(O)OC[C@H]2O[C@@H](n3cnc4c(=O)[nH]c(C)nc43)[C@@H](O)C2O)O[C@H]1[n+]1cn(C)c2c(=O)[nH]c(N)nc21. The van der Waals surface area contributed by atoms with E-state index in [1.54, 1.807) is 0 Å². The number of rotatable bonds is 13. The first-order chi connectivity index (χ1) is 24.7. The average Bonchev–Trinajstić information content (AvgIpc) is 3.77. The van der Waals surface area contributed by atoms with Gasteiger partial charge in [-0.1, -0.05) is 4.98 Å². The van der Waals surface area contributed by atoms with Crippen LogP contribution in [0.15, 0.2) is 22.2 Å². The molecule has 4 aromatic heterocycles. The van der Waals surface area contributed by atoms with Crippen molar-refractivity contribution >= 4 is 62.4 Å². The third-order valence-electron chi connectivity index (χ3n) is 8.03. The van der Waals surface area contributed by atoms with Gasteiger partial charge in [0.1, 0.15) is 42.4 Å².